The Labute approximate surface area is 135 Å². The molecule has 0 radical (unpaired) electrons. The van der Waals surface area contributed by atoms with Crippen molar-refractivity contribution in [1.29, 1.82) is 0 Å². The van der Waals surface area contributed by atoms with Crippen LogP contribution in [0.3, 0.4) is 0 Å². The first-order valence-corrected chi connectivity index (χ1v) is 7.02. The van der Waals surface area contributed by atoms with E-state index in [-0.39, 0.29) is 12.3 Å². The number of aryl methyl sites for hydroxylation is 1. The third-order valence-corrected chi connectivity index (χ3v) is 2.13. The van der Waals surface area contributed by atoms with Crippen molar-refractivity contribution in [2.75, 3.05) is 13.6 Å². The number of benzene rings is 1. The molecule has 0 aliphatic rings. The Bertz CT molecular complexity index is 481. The lowest BCUT2D eigenvalue weighted by Crippen LogP contribution is -2.16. The third kappa shape index (κ3) is 14.5. The quantitative estimate of drug-likeness (QED) is 0.553. The molecule has 7 heteroatoms. The van der Waals surface area contributed by atoms with E-state index in [0.29, 0.717) is 5.71 Å². The topological polar surface area (TPSA) is 51.0 Å². The van der Waals surface area contributed by atoms with Crippen LogP contribution in [-0.4, -0.2) is 25.7 Å². The molecule has 0 spiro atoms. The summed E-state index contributed by atoms with van der Waals surface area (Å²) in [6.45, 7) is 7.83. The summed E-state index contributed by atoms with van der Waals surface area (Å²) >= 11 is 0. The van der Waals surface area contributed by atoms with Crippen molar-refractivity contribution in [2.45, 2.75) is 34.1 Å². The normalized spacial score (nSPS) is 11.0. The molecule has 1 aromatic rings. The number of allylic oxidation sites excluding steroid dienone is 1. The van der Waals surface area contributed by atoms with Crippen molar-refractivity contribution < 1.29 is 17.9 Å². The highest BCUT2D eigenvalue weighted by Gasteiger charge is 2.30. The zero-order valence-corrected chi connectivity index (χ0v) is 14.0. The molecule has 0 N–H and O–H groups in total. The van der Waals surface area contributed by atoms with E-state index in [1.165, 1.54) is 12.1 Å². The fourth-order valence-electron chi connectivity index (χ4n) is 1.20. The number of halogens is 3. The minimum Gasteiger partial charge on any atom is -0.406 e. The Morgan fingerprint density at radius 3 is 2.09 bits per heavy atom. The molecule has 0 aromatic heterocycles. The first-order valence-electron chi connectivity index (χ1n) is 7.02. The van der Waals surface area contributed by atoms with Gasteiger partial charge in [0.25, 0.3) is 0 Å². The number of nitroso groups, excluding NO2 is 1. The lowest BCUT2D eigenvalue weighted by atomic mass is 10.2. The fraction of sp³-hybridized carbons (Fsp3) is 0.438. The van der Waals surface area contributed by atoms with E-state index in [9.17, 15) is 18.1 Å². The first-order chi connectivity index (χ1) is 10.8. The number of hydrogen-bond acceptors (Lipinski definition) is 4. The molecule has 0 aliphatic heterocycles. The van der Waals surface area contributed by atoms with E-state index in [0.717, 1.165) is 5.56 Å². The molecule has 1 aromatic carbocycles. The standard InChI is InChI=1S/C8H7F3O.C6H10N2O.C2H6/c1-6-2-4-7(5-3-6)12-8(9,10)11;1-3-4-6(7-2)5-8-9;1-2/h2-5H,1H3;3-4H,5H2,1-2H3;1-2H3/b;4-3-,7-6?;. The first kappa shape index (κ1) is 23.1. The molecule has 0 aliphatic carbocycles. The van der Waals surface area contributed by atoms with Crippen LogP contribution >= 0.6 is 0 Å². The number of rotatable bonds is 4. The SMILES string of the molecule is C/C=C\C(CN=O)=NC.CC.Cc1ccc(OC(F)(F)F)cc1. The van der Waals surface area contributed by atoms with Gasteiger partial charge >= 0.3 is 6.36 Å². The molecule has 4 nitrogen and oxygen atoms in total. The van der Waals surface area contributed by atoms with Crippen LogP contribution < -0.4 is 4.74 Å². The Kier molecular flexibility index (Phi) is 13.5. The molecule has 0 saturated carbocycles. The van der Waals surface area contributed by atoms with Gasteiger partial charge < -0.3 is 4.74 Å². The van der Waals surface area contributed by atoms with Crippen molar-refractivity contribution in [2.24, 2.45) is 10.2 Å². The maximum absolute atomic E-state index is 11.6. The van der Waals surface area contributed by atoms with Crippen LogP contribution in [0.5, 0.6) is 5.75 Å². The van der Waals surface area contributed by atoms with Crippen molar-refractivity contribution >= 4 is 5.71 Å². The van der Waals surface area contributed by atoms with Gasteiger partial charge in [-0.1, -0.05) is 42.8 Å². The smallest absolute Gasteiger partial charge is 0.406 e. The summed E-state index contributed by atoms with van der Waals surface area (Å²) in [6, 6.07) is 5.67. The summed E-state index contributed by atoms with van der Waals surface area (Å²) in [6.07, 6.45) is -1.01. The summed E-state index contributed by atoms with van der Waals surface area (Å²) < 4.78 is 38.5. The van der Waals surface area contributed by atoms with Gasteiger partial charge in [-0.05, 0) is 32.1 Å². The van der Waals surface area contributed by atoms with E-state index in [1.54, 1.807) is 32.2 Å². The van der Waals surface area contributed by atoms with Crippen LogP contribution in [0.2, 0.25) is 0 Å². The Hall–Kier alpha value is -2.18. The van der Waals surface area contributed by atoms with Gasteiger partial charge in [-0.15, -0.1) is 13.2 Å². The maximum Gasteiger partial charge on any atom is 0.573 e. The molecule has 23 heavy (non-hydrogen) atoms. The van der Waals surface area contributed by atoms with Gasteiger partial charge in [0.1, 0.15) is 12.3 Å². The van der Waals surface area contributed by atoms with Crippen molar-refractivity contribution in [3.05, 3.63) is 46.9 Å². The highest BCUT2D eigenvalue weighted by atomic mass is 19.4. The van der Waals surface area contributed by atoms with Crippen LogP contribution in [0.1, 0.15) is 26.3 Å². The van der Waals surface area contributed by atoms with E-state index in [2.05, 4.69) is 14.9 Å². The van der Waals surface area contributed by atoms with Gasteiger partial charge in [-0.3, -0.25) is 4.99 Å². The average Bonchev–Trinajstić information content (AvgIpc) is 2.51. The van der Waals surface area contributed by atoms with Crippen molar-refractivity contribution in [3.63, 3.8) is 0 Å². The molecule has 0 heterocycles. The molecule has 1 rings (SSSR count). The van der Waals surface area contributed by atoms with Gasteiger partial charge in [0.2, 0.25) is 0 Å². The molecule has 0 bridgehead atoms. The fourth-order valence-corrected chi connectivity index (χ4v) is 1.20. The molecule has 0 amide bonds. The zero-order chi connectivity index (χ0) is 18.3. The second kappa shape index (κ2) is 13.5. The van der Waals surface area contributed by atoms with Gasteiger partial charge in [0.15, 0.2) is 0 Å². The molecular weight excluding hydrogens is 309 g/mol. The van der Waals surface area contributed by atoms with Crippen molar-refractivity contribution in [1.82, 2.24) is 0 Å². The number of ether oxygens (including phenoxy) is 1. The second-order valence-corrected chi connectivity index (χ2v) is 3.86. The number of alkyl halides is 3. The molecular formula is C16H23F3N2O2. The Morgan fingerprint density at radius 1 is 1.22 bits per heavy atom. The van der Waals surface area contributed by atoms with E-state index < -0.39 is 6.36 Å². The summed E-state index contributed by atoms with van der Waals surface area (Å²) in [5, 5.41) is 2.69. The van der Waals surface area contributed by atoms with Crippen LogP contribution in [0.25, 0.3) is 0 Å². The van der Waals surface area contributed by atoms with Crippen LogP contribution in [0, 0.1) is 11.8 Å². The van der Waals surface area contributed by atoms with E-state index in [1.807, 2.05) is 26.8 Å². The minimum absolute atomic E-state index is 0.167. The predicted molar refractivity (Wildman–Crippen MR) is 88.0 cm³/mol. The maximum atomic E-state index is 11.6. The van der Waals surface area contributed by atoms with E-state index in [4.69, 9.17) is 0 Å². The highest BCUT2D eigenvalue weighted by Crippen LogP contribution is 2.22. The lowest BCUT2D eigenvalue weighted by molar-refractivity contribution is -0.274. The molecule has 0 unspecified atom stereocenters. The second-order valence-electron chi connectivity index (χ2n) is 3.86. The van der Waals surface area contributed by atoms with Crippen molar-refractivity contribution in [3.8, 4) is 5.75 Å². The van der Waals surface area contributed by atoms with Crippen LogP contribution in [0.15, 0.2) is 46.6 Å². The van der Waals surface area contributed by atoms with Crippen LogP contribution in [-0.2, 0) is 0 Å². The monoisotopic (exact) mass is 332 g/mol. The zero-order valence-electron chi connectivity index (χ0n) is 14.0. The van der Waals surface area contributed by atoms with E-state index >= 15 is 0 Å². The minimum atomic E-state index is -4.60. The van der Waals surface area contributed by atoms with Gasteiger partial charge in [-0.2, -0.15) is 4.91 Å². The molecule has 0 atom stereocenters. The largest absolute Gasteiger partial charge is 0.573 e. The molecule has 130 valence electrons. The van der Waals surface area contributed by atoms with Gasteiger partial charge in [0, 0.05) is 7.05 Å². The lowest BCUT2D eigenvalue weighted by Gasteiger charge is -2.08. The summed E-state index contributed by atoms with van der Waals surface area (Å²) in [5.41, 5.74) is 1.61. The summed E-state index contributed by atoms with van der Waals surface area (Å²) in [5.74, 6) is -0.187. The highest BCUT2D eigenvalue weighted by molar-refractivity contribution is 5.96. The average molecular weight is 332 g/mol. The van der Waals surface area contributed by atoms with Gasteiger partial charge in [0.05, 0.1) is 5.71 Å². The summed E-state index contributed by atoms with van der Waals surface area (Å²) in [4.78, 5) is 13.5. The molecule has 0 saturated heterocycles. The summed E-state index contributed by atoms with van der Waals surface area (Å²) in [7, 11) is 1.64. The van der Waals surface area contributed by atoms with Gasteiger partial charge in [-0.25, -0.2) is 0 Å². The number of nitrogens with zero attached hydrogens (tertiary/aromatic N) is 2. The number of aliphatic imine (C=N–C) groups is 1. The Morgan fingerprint density at radius 2 is 1.74 bits per heavy atom. The predicted octanol–water partition coefficient (Wildman–Crippen LogP) is 5.32. The Balaban J connectivity index is 0. The third-order valence-electron chi connectivity index (χ3n) is 2.13. The van der Waals surface area contributed by atoms with Crippen LogP contribution in [0.4, 0.5) is 13.2 Å². The molecule has 0 fully saturated rings. The number of hydrogen-bond donors (Lipinski definition) is 0.